The van der Waals surface area contributed by atoms with Crippen LogP contribution in [0.2, 0.25) is 0 Å². The first-order valence-corrected chi connectivity index (χ1v) is 7.95. The van der Waals surface area contributed by atoms with Gasteiger partial charge in [-0.25, -0.2) is 18.2 Å². The van der Waals surface area contributed by atoms with Crippen molar-refractivity contribution in [1.82, 2.24) is 9.71 Å². The fraction of sp³-hybridized carbons (Fsp3) is 0.273. The number of aromatic nitrogens is 1. The number of hydrogen-bond acceptors (Lipinski definition) is 6. The minimum Gasteiger partial charge on any atom is -0.475 e. The standard InChI is InChI=1S/C11H11BrN2O6S/c1-5-4-13-10(19-5)6(2)14-21(17,18)8-3-7(11(15)16)20-9(8)12/h3-4,6,14H,1-2H3,(H,15,16). The average Bonchev–Trinajstić information content (AvgIpc) is 2.95. The highest BCUT2D eigenvalue weighted by molar-refractivity contribution is 9.10. The summed E-state index contributed by atoms with van der Waals surface area (Å²) in [5.41, 5.74) is 0. The molecule has 1 atom stereocenters. The summed E-state index contributed by atoms with van der Waals surface area (Å²) in [4.78, 5) is 14.4. The normalized spacial score (nSPS) is 13.3. The number of hydrogen-bond donors (Lipinski definition) is 2. The van der Waals surface area contributed by atoms with Crippen LogP contribution in [0.15, 0.2) is 30.7 Å². The molecule has 0 aliphatic rings. The molecule has 0 aliphatic carbocycles. The number of furan rings is 1. The molecule has 2 heterocycles. The van der Waals surface area contributed by atoms with E-state index >= 15 is 0 Å². The summed E-state index contributed by atoms with van der Waals surface area (Å²) < 4.78 is 36.6. The number of nitrogens with zero attached hydrogens (tertiary/aromatic N) is 1. The first-order valence-electron chi connectivity index (χ1n) is 5.68. The molecule has 0 amide bonds. The van der Waals surface area contributed by atoms with E-state index in [-0.39, 0.29) is 15.5 Å². The quantitative estimate of drug-likeness (QED) is 0.815. The summed E-state index contributed by atoms with van der Waals surface area (Å²) in [7, 11) is -4.00. The van der Waals surface area contributed by atoms with E-state index in [1.54, 1.807) is 13.8 Å². The van der Waals surface area contributed by atoms with Gasteiger partial charge < -0.3 is 13.9 Å². The highest BCUT2D eigenvalue weighted by Crippen LogP contribution is 2.27. The second-order valence-corrected chi connectivity index (χ2v) is 6.61. The third-order valence-corrected chi connectivity index (χ3v) is 4.89. The fourth-order valence-corrected chi connectivity index (χ4v) is 3.70. The lowest BCUT2D eigenvalue weighted by atomic mass is 10.4. The van der Waals surface area contributed by atoms with Gasteiger partial charge in [-0.2, -0.15) is 4.72 Å². The van der Waals surface area contributed by atoms with Crippen molar-refractivity contribution in [1.29, 1.82) is 0 Å². The fourth-order valence-electron chi connectivity index (χ4n) is 1.56. The van der Waals surface area contributed by atoms with Gasteiger partial charge in [-0.3, -0.25) is 0 Å². The van der Waals surface area contributed by atoms with Crippen LogP contribution in [0.1, 0.15) is 35.2 Å². The molecule has 0 bridgehead atoms. The summed E-state index contributed by atoms with van der Waals surface area (Å²) in [6.07, 6.45) is 1.47. The molecule has 2 aromatic rings. The maximum Gasteiger partial charge on any atom is 0.371 e. The van der Waals surface area contributed by atoms with E-state index in [0.29, 0.717) is 5.76 Å². The Morgan fingerprint density at radius 3 is 2.62 bits per heavy atom. The molecule has 10 heteroatoms. The number of rotatable bonds is 5. The van der Waals surface area contributed by atoms with Crippen LogP contribution in [-0.4, -0.2) is 24.5 Å². The van der Waals surface area contributed by atoms with Crippen LogP contribution in [0.4, 0.5) is 0 Å². The topological polar surface area (TPSA) is 123 Å². The first kappa shape index (κ1) is 15.7. The van der Waals surface area contributed by atoms with E-state index in [1.165, 1.54) is 6.20 Å². The Hall–Kier alpha value is -1.65. The lowest BCUT2D eigenvalue weighted by Crippen LogP contribution is -2.27. The van der Waals surface area contributed by atoms with E-state index in [0.717, 1.165) is 6.07 Å². The zero-order valence-electron chi connectivity index (χ0n) is 11.0. The molecule has 1 unspecified atom stereocenters. The number of carbonyl (C=O) groups is 1. The van der Waals surface area contributed by atoms with Crippen molar-refractivity contribution >= 4 is 31.9 Å². The number of halogens is 1. The van der Waals surface area contributed by atoms with E-state index in [1.807, 2.05) is 0 Å². The van der Waals surface area contributed by atoms with Crippen LogP contribution in [-0.2, 0) is 10.0 Å². The van der Waals surface area contributed by atoms with Gasteiger partial charge in [0.1, 0.15) is 10.7 Å². The van der Waals surface area contributed by atoms with Crippen LogP contribution in [0.3, 0.4) is 0 Å². The summed E-state index contributed by atoms with van der Waals surface area (Å²) in [6.45, 7) is 3.23. The van der Waals surface area contributed by atoms with Gasteiger partial charge in [0.15, 0.2) is 4.67 Å². The van der Waals surface area contributed by atoms with Gasteiger partial charge in [0, 0.05) is 6.07 Å². The highest BCUT2D eigenvalue weighted by Gasteiger charge is 2.27. The predicted octanol–water partition coefficient (Wildman–Crippen LogP) is 2.08. The minimum atomic E-state index is -4.00. The molecule has 0 saturated heterocycles. The smallest absolute Gasteiger partial charge is 0.371 e. The molecule has 0 radical (unpaired) electrons. The molecule has 0 saturated carbocycles. The summed E-state index contributed by atoms with van der Waals surface area (Å²) in [6, 6.07) is 0.196. The molecule has 0 aliphatic heterocycles. The van der Waals surface area contributed by atoms with Crippen molar-refractivity contribution in [2.24, 2.45) is 0 Å². The molecule has 0 fully saturated rings. The SMILES string of the molecule is Cc1cnc(C(C)NS(=O)(=O)c2cc(C(=O)O)oc2Br)o1. The number of aromatic carboxylic acids is 1. The van der Waals surface area contributed by atoms with E-state index < -0.39 is 27.8 Å². The Kier molecular flexibility index (Phi) is 4.21. The average molecular weight is 379 g/mol. The Morgan fingerprint density at radius 1 is 1.48 bits per heavy atom. The second kappa shape index (κ2) is 5.62. The van der Waals surface area contributed by atoms with Gasteiger partial charge in [-0.15, -0.1) is 0 Å². The lowest BCUT2D eigenvalue weighted by Gasteiger charge is -2.09. The Balaban J connectivity index is 2.28. The van der Waals surface area contributed by atoms with Gasteiger partial charge >= 0.3 is 5.97 Å². The first-order chi connectivity index (χ1) is 9.70. The molecule has 2 N–H and O–H groups in total. The van der Waals surface area contributed by atoms with Crippen LogP contribution in [0.25, 0.3) is 0 Å². The van der Waals surface area contributed by atoms with Gasteiger partial charge in [-0.1, -0.05) is 0 Å². The molecular formula is C11H11BrN2O6S. The molecule has 0 aromatic carbocycles. The van der Waals surface area contributed by atoms with Crippen LogP contribution in [0.5, 0.6) is 0 Å². The number of carboxylic acids is 1. The predicted molar refractivity (Wildman–Crippen MR) is 73.3 cm³/mol. The Morgan fingerprint density at radius 2 is 2.14 bits per heavy atom. The van der Waals surface area contributed by atoms with E-state index in [2.05, 4.69) is 25.6 Å². The third kappa shape index (κ3) is 3.34. The van der Waals surface area contributed by atoms with E-state index in [9.17, 15) is 13.2 Å². The summed E-state index contributed by atoms with van der Waals surface area (Å²) in [5.74, 6) is -1.10. The zero-order chi connectivity index (χ0) is 15.8. The monoisotopic (exact) mass is 378 g/mol. The number of sulfonamides is 1. The van der Waals surface area contributed by atoms with E-state index in [4.69, 9.17) is 13.9 Å². The number of aryl methyl sites for hydroxylation is 1. The van der Waals surface area contributed by atoms with Gasteiger partial charge in [-0.05, 0) is 29.8 Å². The van der Waals surface area contributed by atoms with Crippen molar-refractivity contribution in [2.45, 2.75) is 24.8 Å². The molecule has 2 aromatic heterocycles. The number of nitrogens with one attached hydrogen (secondary N) is 1. The summed E-state index contributed by atoms with van der Waals surface area (Å²) >= 11 is 2.88. The Bertz CT molecular complexity index is 778. The zero-order valence-corrected chi connectivity index (χ0v) is 13.4. The second-order valence-electron chi connectivity index (χ2n) is 4.21. The summed E-state index contributed by atoms with van der Waals surface area (Å²) in [5, 5.41) is 8.80. The molecular weight excluding hydrogens is 368 g/mol. The molecule has 114 valence electrons. The maximum absolute atomic E-state index is 12.2. The lowest BCUT2D eigenvalue weighted by molar-refractivity contribution is 0.0661. The number of oxazole rings is 1. The van der Waals surface area contributed by atoms with Gasteiger partial charge in [0.25, 0.3) is 0 Å². The number of carboxylic acid groups (broad SMARTS) is 1. The van der Waals surface area contributed by atoms with Crippen molar-refractivity contribution in [2.75, 3.05) is 0 Å². The molecule has 0 spiro atoms. The third-order valence-electron chi connectivity index (χ3n) is 2.50. The highest BCUT2D eigenvalue weighted by atomic mass is 79.9. The maximum atomic E-state index is 12.2. The van der Waals surface area contributed by atoms with Crippen molar-refractivity contribution < 1.29 is 27.2 Å². The van der Waals surface area contributed by atoms with Gasteiger partial charge in [0.2, 0.25) is 21.7 Å². The molecule has 2 rings (SSSR count). The van der Waals surface area contributed by atoms with Crippen LogP contribution < -0.4 is 4.72 Å². The van der Waals surface area contributed by atoms with Crippen LogP contribution in [0, 0.1) is 6.92 Å². The molecule has 8 nitrogen and oxygen atoms in total. The molecule has 21 heavy (non-hydrogen) atoms. The van der Waals surface area contributed by atoms with Crippen LogP contribution >= 0.6 is 15.9 Å². The van der Waals surface area contributed by atoms with Crippen molar-refractivity contribution in [3.8, 4) is 0 Å². The minimum absolute atomic E-state index is 0.191. The van der Waals surface area contributed by atoms with Gasteiger partial charge in [0.05, 0.1) is 12.2 Å². The van der Waals surface area contributed by atoms with Crippen molar-refractivity contribution in [3.05, 3.63) is 34.3 Å². The Labute approximate surface area is 128 Å². The largest absolute Gasteiger partial charge is 0.475 e. The van der Waals surface area contributed by atoms with Crippen molar-refractivity contribution in [3.63, 3.8) is 0 Å².